The molecule has 0 aliphatic carbocycles. The van der Waals surface area contributed by atoms with E-state index in [0.717, 1.165) is 0 Å². The van der Waals surface area contributed by atoms with E-state index in [4.69, 9.17) is 32.1 Å². The van der Waals surface area contributed by atoms with E-state index in [1.807, 2.05) is 0 Å². The maximum Gasteiger partial charge on any atom is 0.368 e. The van der Waals surface area contributed by atoms with Crippen molar-refractivity contribution in [3.05, 3.63) is 0 Å². The summed E-state index contributed by atoms with van der Waals surface area (Å²) in [7, 11) is 0.979. The number of rotatable bonds is 4. The minimum atomic E-state index is -2.16. The predicted octanol–water partition coefficient (Wildman–Crippen LogP) is 1.28. The molecule has 0 atom stereocenters. The molecular weight excluding hydrogens is 179 g/mol. The standard InChI is InChI=1S/C4H10Cl2O2Si/c1-7-9(3-5,4-6)8-2/h3-4H2,1-2H3. The molecule has 0 amide bonds. The second-order valence-electron chi connectivity index (χ2n) is 1.59. The van der Waals surface area contributed by atoms with Gasteiger partial charge in [0.15, 0.2) is 0 Å². The zero-order valence-corrected chi connectivity index (χ0v) is 8.00. The average Bonchev–Trinajstić information content (AvgIpc) is 1.95. The lowest BCUT2D eigenvalue weighted by Crippen LogP contribution is -2.45. The molecule has 0 radical (unpaired) electrons. The summed E-state index contributed by atoms with van der Waals surface area (Å²) >= 11 is 11.1. The third kappa shape index (κ3) is 2.43. The van der Waals surface area contributed by atoms with Crippen molar-refractivity contribution < 1.29 is 8.85 Å². The van der Waals surface area contributed by atoms with Crippen LogP contribution in [0.15, 0.2) is 0 Å². The highest BCUT2D eigenvalue weighted by Gasteiger charge is 2.33. The van der Waals surface area contributed by atoms with Crippen molar-refractivity contribution >= 4 is 31.8 Å². The van der Waals surface area contributed by atoms with Crippen LogP contribution in [0.25, 0.3) is 0 Å². The van der Waals surface area contributed by atoms with Crippen LogP contribution in [0.1, 0.15) is 0 Å². The Morgan fingerprint density at radius 3 is 1.44 bits per heavy atom. The van der Waals surface area contributed by atoms with Crippen molar-refractivity contribution in [1.29, 1.82) is 0 Å². The molecule has 0 rings (SSSR count). The van der Waals surface area contributed by atoms with E-state index in [2.05, 4.69) is 0 Å². The Hall–Kier alpha value is 0.717. The SMILES string of the molecule is CO[Si](CCl)(CCl)OC. The molecule has 0 spiro atoms. The smallest absolute Gasteiger partial charge is 0.368 e. The number of alkyl halides is 2. The van der Waals surface area contributed by atoms with Crippen molar-refractivity contribution in [1.82, 2.24) is 0 Å². The lowest BCUT2D eigenvalue weighted by atomic mass is 11.8. The first kappa shape index (κ1) is 9.72. The first-order valence-electron chi connectivity index (χ1n) is 2.47. The number of hydrogen-bond acceptors (Lipinski definition) is 2. The van der Waals surface area contributed by atoms with Crippen LogP contribution in [0.2, 0.25) is 0 Å². The minimum absolute atomic E-state index is 0.378. The summed E-state index contributed by atoms with van der Waals surface area (Å²) in [5.74, 6) is 0. The molecule has 0 aliphatic heterocycles. The lowest BCUT2D eigenvalue weighted by Gasteiger charge is -2.21. The van der Waals surface area contributed by atoms with E-state index in [9.17, 15) is 0 Å². The molecule has 0 fully saturated rings. The minimum Gasteiger partial charge on any atom is -0.396 e. The summed E-state index contributed by atoms with van der Waals surface area (Å²) in [4.78, 5) is 0. The monoisotopic (exact) mass is 188 g/mol. The van der Waals surface area contributed by atoms with E-state index in [1.165, 1.54) is 0 Å². The number of halogens is 2. The van der Waals surface area contributed by atoms with Gasteiger partial charge in [0.05, 0.1) is 11.0 Å². The van der Waals surface area contributed by atoms with Crippen molar-refractivity contribution in [3.8, 4) is 0 Å². The Morgan fingerprint density at radius 1 is 1.11 bits per heavy atom. The van der Waals surface area contributed by atoms with Gasteiger partial charge in [-0.2, -0.15) is 0 Å². The van der Waals surface area contributed by atoms with Gasteiger partial charge < -0.3 is 8.85 Å². The summed E-state index contributed by atoms with van der Waals surface area (Å²) in [6.07, 6.45) is 0. The Labute approximate surface area is 66.3 Å². The van der Waals surface area contributed by atoms with Crippen LogP contribution < -0.4 is 0 Å². The Bertz CT molecular complexity index is 59.5. The van der Waals surface area contributed by atoms with Gasteiger partial charge in [-0.3, -0.25) is 0 Å². The topological polar surface area (TPSA) is 18.5 Å². The van der Waals surface area contributed by atoms with Gasteiger partial charge in [-0.25, -0.2) is 0 Å². The fraction of sp³-hybridized carbons (Fsp3) is 1.00. The largest absolute Gasteiger partial charge is 0.396 e. The van der Waals surface area contributed by atoms with Crippen LogP contribution >= 0.6 is 23.2 Å². The summed E-state index contributed by atoms with van der Waals surface area (Å²) in [6, 6.07) is 0. The molecule has 0 saturated carbocycles. The highest BCUT2D eigenvalue weighted by atomic mass is 35.5. The van der Waals surface area contributed by atoms with Crippen molar-refractivity contribution in [2.24, 2.45) is 0 Å². The molecular formula is C4H10Cl2O2Si. The molecule has 5 heteroatoms. The van der Waals surface area contributed by atoms with E-state index in [-0.39, 0.29) is 0 Å². The van der Waals surface area contributed by atoms with Gasteiger partial charge in [0, 0.05) is 14.2 Å². The third-order valence-electron chi connectivity index (χ3n) is 1.15. The molecule has 0 aromatic rings. The molecule has 0 bridgehead atoms. The quantitative estimate of drug-likeness (QED) is 0.490. The van der Waals surface area contributed by atoms with Crippen LogP contribution in [0.3, 0.4) is 0 Å². The summed E-state index contributed by atoms with van der Waals surface area (Å²) in [5.41, 5.74) is 0.757. The van der Waals surface area contributed by atoms with Gasteiger partial charge in [-0.15, -0.1) is 23.2 Å². The molecule has 0 aliphatic rings. The first-order chi connectivity index (χ1) is 4.24. The van der Waals surface area contributed by atoms with Crippen molar-refractivity contribution in [2.45, 2.75) is 0 Å². The summed E-state index contributed by atoms with van der Waals surface area (Å²) in [6.45, 7) is 0. The maximum absolute atomic E-state index is 5.55. The molecule has 0 N–H and O–H groups in total. The molecule has 0 aromatic carbocycles. The van der Waals surface area contributed by atoms with E-state index < -0.39 is 8.56 Å². The van der Waals surface area contributed by atoms with Gasteiger partial charge in [-0.1, -0.05) is 0 Å². The van der Waals surface area contributed by atoms with Crippen molar-refractivity contribution in [2.75, 3.05) is 25.2 Å². The van der Waals surface area contributed by atoms with Crippen LogP contribution in [0, 0.1) is 0 Å². The molecule has 0 aromatic heterocycles. The van der Waals surface area contributed by atoms with Gasteiger partial charge in [0.1, 0.15) is 0 Å². The van der Waals surface area contributed by atoms with Crippen LogP contribution in [0.5, 0.6) is 0 Å². The van der Waals surface area contributed by atoms with Gasteiger partial charge in [-0.05, 0) is 0 Å². The summed E-state index contributed by atoms with van der Waals surface area (Å²) in [5, 5.41) is 0. The summed E-state index contributed by atoms with van der Waals surface area (Å²) < 4.78 is 10.1. The first-order valence-corrected chi connectivity index (χ1v) is 5.77. The Balaban J connectivity index is 3.82. The van der Waals surface area contributed by atoms with Crippen molar-refractivity contribution in [3.63, 3.8) is 0 Å². The fourth-order valence-corrected chi connectivity index (χ4v) is 3.18. The van der Waals surface area contributed by atoms with E-state index in [1.54, 1.807) is 14.2 Å². The highest BCUT2D eigenvalue weighted by Crippen LogP contribution is 2.08. The fourth-order valence-electron chi connectivity index (χ4n) is 0.337. The highest BCUT2D eigenvalue weighted by molar-refractivity contribution is 6.80. The average molecular weight is 189 g/mol. The molecule has 0 heterocycles. The van der Waals surface area contributed by atoms with Crippen LogP contribution in [-0.2, 0) is 8.85 Å². The van der Waals surface area contributed by atoms with Gasteiger partial charge in [0.25, 0.3) is 0 Å². The molecule has 56 valence electrons. The van der Waals surface area contributed by atoms with Gasteiger partial charge >= 0.3 is 8.56 Å². The zero-order valence-electron chi connectivity index (χ0n) is 5.49. The Kier molecular flexibility index (Phi) is 4.88. The molecule has 0 saturated heterocycles. The predicted molar refractivity (Wildman–Crippen MR) is 41.2 cm³/mol. The second kappa shape index (κ2) is 4.52. The van der Waals surface area contributed by atoms with E-state index in [0.29, 0.717) is 11.0 Å². The molecule has 2 nitrogen and oxygen atoms in total. The zero-order chi connectivity index (χ0) is 7.33. The van der Waals surface area contributed by atoms with Gasteiger partial charge in [0.2, 0.25) is 0 Å². The Morgan fingerprint density at radius 2 is 1.44 bits per heavy atom. The lowest BCUT2D eigenvalue weighted by molar-refractivity contribution is 0.255. The van der Waals surface area contributed by atoms with Crippen LogP contribution in [-0.4, -0.2) is 33.8 Å². The molecule has 0 unspecified atom stereocenters. The third-order valence-corrected chi connectivity index (χ3v) is 5.90. The second-order valence-corrected chi connectivity index (χ2v) is 6.36. The molecule has 9 heavy (non-hydrogen) atoms. The maximum atomic E-state index is 5.55. The normalized spacial score (nSPS) is 12.0. The van der Waals surface area contributed by atoms with E-state index >= 15 is 0 Å². The number of hydrogen-bond donors (Lipinski definition) is 0. The van der Waals surface area contributed by atoms with Crippen LogP contribution in [0.4, 0.5) is 0 Å².